The molecule has 0 aromatic heterocycles. The molecule has 1 aliphatic carbocycles. The zero-order chi connectivity index (χ0) is 12.8. The van der Waals surface area contributed by atoms with Crippen LogP contribution in [0.1, 0.15) is 38.8 Å². The number of benzene rings is 1. The van der Waals surface area contributed by atoms with Gasteiger partial charge in [0.2, 0.25) is 0 Å². The fraction of sp³-hybridized carbons (Fsp3) is 0.600. The van der Waals surface area contributed by atoms with Crippen LogP contribution in [0.15, 0.2) is 18.2 Å². The first-order valence-corrected chi connectivity index (χ1v) is 6.25. The monoisotopic (exact) mass is 235 g/mol. The van der Waals surface area contributed by atoms with Gasteiger partial charge in [0.15, 0.2) is 0 Å². The molecule has 1 aromatic rings. The van der Waals surface area contributed by atoms with Crippen LogP contribution in [0.5, 0.6) is 0 Å². The number of hydrogen-bond acceptors (Lipinski definition) is 1. The average Bonchev–Trinajstić information content (AvgIpc) is 2.58. The first-order chi connectivity index (χ1) is 7.76. The van der Waals surface area contributed by atoms with Crippen LogP contribution in [0.2, 0.25) is 0 Å². The predicted molar refractivity (Wildman–Crippen MR) is 69.3 cm³/mol. The molecule has 0 saturated heterocycles. The minimum Gasteiger partial charge on any atom is -0.309 e. The van der Waals surface area contributed by atoms with Crippen LogP contribution in [0.25, 0.3) is 0 Å². The Balaban J connectivity index is 2.00. The molecule has 94 valence electrons. The maximum Gasteiger partial charge on any atom is 0.123 e. The van der Waals surface area contributed by atoms with E-state index in [1.165, 1.54) is 11.6 Å². The summed E-state index contributed by atoms with van der Waals surface area (Å²) in [6.07, 6.45) is 0. The summed E-state index contributed by atoms with van der Waals surface area (Å²) in [6, 6.07) is 5.55. The Morgan fingerprint density at radius 2 is 1.76 bits per heavy atom. The van der Waals surface area contributed by atoms with Gasteiger partial charge in [-0.15, -0.1) is 0 Å². The average molecular weight is 235 g/mol. The van der Waals surface area contributed by atoms with Crippen molar-refractivity contribution in [3.63, 3.8) is 0 Å². The summed E-state index contributed by atoms with van der Waals surface area (Å²) < 4.78 is 13.0. The van der Waals surface area contributed by atoms with Gasteiger partial charge in [-0.1, -0.05) is 33.8 Å². The molecule has 0 spiro atoms. The highest BCUT2D eigenvalue weighted by Crippen LogP contribution is 2.62. The molecule has 17 heavy (non-hydrogen) atoms. The molecule has 1 saturated carbocycles. The Kier molecular flexibility index (Phi) is 2.81. The molecule has 0 heterocycles. The van der Waals surface area contributed by atoms with Crippen molar-refractivity contribution in [2.45, 2.75) is 47.2 Å². The molecule has 1 aliphatic rings. The number of aryl methyl sites for hydroxylation is 1. The van der Waals surface area contributed by atoms with Crippen molar-refractivity contribution in [3.05, 3.63) is 35.1 Å². The van der Waals surface area contributed by atoms with E-state index in [0.29, 0.717) is 16.9 Å². The lowest BCUT2D eigenvalue weighted by atomic mass is 10.0. The van der Waals surface area contributed by atoms with Crippen molar-refractivity contribution in [2.75, 3.05) is 0 Å². The molecule has 0 bridgehead atoms. The fourth-order valence-electron chi connectivity index (χ4n) is 2.78. The maximum atomic E-state index is 13.0. The van der Waals surface area contributed by atoms with Gasteiger partial charge in [-0.2, -0.15) is 0 Å². The molecule has 1 N–H and O–H groups in total. The smallest absolute Gasteiger partial charge is 0.123 e. The van der Waals surface area contributed by atoms with Crippen molar-refractivity contribution in [3.8, 4) is 0 Å². The second-order valence-electron chi connectivity index (χ2n) is 6.33. The molecule has 0 radical (unpaired) electrons. The molecule has 0 aliphatic heterocycles. The number of halogens is 1. The van der Waals surface area contributed by atoms with E-state index in [2.05, 4.69) is 33.0 Å². The lowest BCUT2D eigenvalue weighted by Crippen LogP contribution is -2.22. The first-order valence-electron chi connectivity index (χ1n) is 6.25. The second kappa shape index (κ2) is 3.81. The van der Waals surface area contributed by atoms with E-state index in [1.54, 1.807) is 6.07 Å². The standard InChI is InChI=1S/C15H22FN/c1-10-8-12(16)7-6-11(10)9-17-13-14(2,3)15(13,4)5/h6-8,13,17H,9H2,1-5H3. The van der Waals surface area contributed by atoms with E-state index in [4.69, 9.17) is 0 Å². The molecule has 2 heteroatoms. The van der Waals surface area contributed by atoms with Crippen molar-refractivity contribution < 1.29 is 4.39 Å². The molecule has 1 nitrogen and oxygen atoms in total. The van der Waals surface area contributed by atoms with Gasteiger partial charge in [0.05, 0.1) is 0 Å². The molecular weight excluding hydrogens is 213 g/mol. The first kappa shape index (κ1) is 12.6. The van der Waals surface area contributed by atoms with E-state index in [9.17, 15) is 4.39 Å². The summed E-state index contributed by atoms with van der Waals surface area (Å²) in [4.78, 5) is 0. The van der Waals surface area contributed by atoms with E-state index in [0.717, 1.165) is 12.1 Å². The minimum atomic E-state index is -0.154. The van der Waals surface area contributed by atoms with Crippen molar-refractivity contribution >= 4 is 0 Å². The Bertz CT molecular complexity index is 421. The second-order valence-corrected chi connectivity index (χ2v) is 6.33. The third-order valence-electron chi connectivity index (χ3n) is 4.82. The van der Waals surface area contributed by atoms with Crippen LogP contribution in [0.4, 0.5) is 4.39 Å². The predicted octanol–water partition coefficient (Wildman–Crippen LogP) is 3.66. The van der Waals surface area contributed by atoms with E-state index < -0.39 is 0 Å². The largest absolute Gasteiger partial charge is 0.309 e. The number of rotatable bonds is 3. The summed E-state index contributed by atoms with van der Waals surface area (Å²) in [7, 11) is 0. The highest BCUT2D eigenvalue weighted by Gasteiger charge is 2.64. The summed E-state index contributed by atoms with van der Waals surface area (Å²) >= 11 is 0. The summed E-state index contributed by atoms with van der Waals surface area (Å²) in [5.74, 6) is -0.154. The summed E-state index contributed by atoms with van der Waals surface area (Å²) in [5, 5.41) is 3.59. The number of hydrogen-bond donors (Lipinski definition) is 1. The van der Waals surface area contributed by atoms with Crippen LogP contribution >= 0.6 is 0 Å². The summed E-state index contributed by atoms with van der Waals surface area (Å²) in [5.41, 5.74) is 2.90. The molecule has 0 amide bonds. The van der Waals surface area contributed by atoms with Crippen LogP contribution in [-0.4, -0.2) is 6.04 Å². The Hall–Kier alpha value is -0.890. The van der Waals surface area contributed by atoms with E-state index in [-0.39, 0.29) is 5.82 Å². The SMILES string of the molecule is Cc1cc(F)ccc1CNC1C(C)(C)C1(C)C. The Morgan fingerprint density at radius 3 is 2.24 bits per heavy atom. The van der Waals surface area contributed by atoms with E-state index >= 15 is 0 Å². The van der Waals surface area contributed by atoms with Gasteiger partial charge < -0.3 is 5.32 Å². The zero-order valence-corrected chi connectivity index (χ0v) is 11.4. The lowest BCUT2D eigenvalue weighted by Gasteiger charge is -2.09. The Morgan fingerprint density at radius 1 is 1.18 bits per heavy atom. The third kappa shape index (κ3) is 1.99. The van der Waals surface area contributed by atoms with Gasteiger partial charge >= 0.3 is 0 Å². The minimum absolute atomic E-state index is 0.154. The normalized spacial score (nSPS) is 21.5. The van der Waals surface area contributed by atoms with Gasteiger partial charge in [-0.3, -0.25) is 0 Å². The van der Waals surface area contributed by atoms with Crippen molar-refractivity contribution in [1.29, 1.82) is 0 Å². The zero-order valence-electron chi connectivity index (χ0n) is 11.4. The quantitative estimate of drug-likeness (QED) is 0.843. The van der Waals surface area contributed by atoms with Crippen molar-refractivity contribution in [1.82, 2.24) is 5.32 Å². The lowest BCUT2D eigenvalue weighted by molar-refractivity contribution is 0.457. The van der Waals surface area contributed by atoms with Crippen LogP contribution < -0.4 is 5.32 Å². The van der Waals surface area contributed by atoms with Gasteiger partial charge in [0.1, 0.15) is 5.82 Å². The topological polar surface area (TPSA) is 12.0 Å². The highest BCUT2D eigenvalue weighted by atomic mass is 19.1. The molecular formula is C15H22FN. The highest BCUT2D eigenvalue weighted by molar-refractivity contribution is 5.27. The molecule has 0 atom stereocenters. The van der Waals surface area contributed by atoms with Crippen LogP contribution in [-0.2, 0) is 6.54 Å². The molecule has 1 aromatic carbocycles. The van der Waals surface area contributed by atoms with Gasteiger partial charge in [-0.05, 0) is 41.0 Å². The van der Waals surface area contributed by atoms with Crippen molar-refractivity contribution in [2.24, 2.45) is 10.8 Å². The molecule has 1 fully saturated rings. The van der Waals surface area contributed by atoms with Gasteiger partial charge in [-0.25, -0.2) is 4.39 Å². The Labute approximate surface area is 103 Å². The van der Waals surface area contributed by atoms with Crippen LogP contribution in [0.3, 0.4) is 0 Å². The molecule has 2 rings (SSSR count). The molecule has 0 unspecified atom stereocenters. The van der Waals surface area contributed by atoms with Gasteiger partial charge in [0, 0.05) is 12.6 Å². The fourth-order valence-corrected chi connectivity index (χ4v) is 2.78. The van der Waals surface area contributed by atoms with E-state index in [1.807, 2.05) is 13.0 Å². The number of nitrogens with one attached hydrogen (secondary N) is 1. The third-order valence-corrected chi connectivity index (χ3v) is 4.82. The maximum absolute atomic E-state index is 13.0. The van der Waals surface area contributed by atoms with Crippen LogP contribution in [0, 0.1) is 23.6 Å². The summed E-state index contributed by atoms with van der Waals surface area (Å²) in [6.45, 7) is 12.0. The van der Waals surface area contributed by atoms with Gasteiger partial charge in [0.25, 0.3) is 0 Å².